The van der Waals surface area contributed by atoms with E-state index in [4.69, 9.17) is 5.26 Å². The molecule has 3 heteroatoms. The molecule has 0 heterocycles. The van der Waals surface area contributed by atoms with E-state index in [0.717, 1.165) is 26.1 Å². The first-order valence-electron chi connectivity index (χ1n) is 6.37. The van der Waals surface area contributed by atoms with Gasteiger partial charge in [-0.2, -0.15) is 5.26 Å². The van der Waals surface area contributed by atoms with Gasteiger partial charge < -0.3 is 10.2 Å². The molecule has 1 N–H and O–H groups in total. The topological polar surface area (TPSA) is 39.1 Å². The molecule has 1 saturated carbocycles. The summed E-state index contributed by atoms with van der Waals surface area (Å²) in [5.74, 6) is 0. The summed E-state index contributed by atoms with van der Waals surface area (Å²) in [7, 11) is 2.17. The molecule has 0 aliphatic heterocycles. The maximum absolute atomic E-state index is 8.69. The molecule has 1 rings (SSSR count). The van der Waals surface area contributed by atoms with Gasteiger partial charge in [0.25, 0.3) is 0 Å². The standard InChI is InChI=1S/C13H25N3/c1-12(2)16(3)10-4-9-15-11-13(5-6-13)7-8-14/h12,15H,4-7,9-11H2,1-3H3. The smallest absolute Gasteiger partial charge is 0.0628 e. The first-order chi connectivity index (χ1) is 7.59. The lowest BCUT2D eigenvalue weighted by atomic mass is 10.0. The van der Waals surface area contributed by atoms with Crippen molar-refractivity contribution in [1.29, 1.82) is 5.26 Å². The largest absolute Gasteiger partial charge is 0.316 e. The Labute approximate surface area is 99.8 Å². The molecule has 1 aliphatic carbocycles. The van der Waals surface area contributed by atoms with Crippen LogP contribution in [0.25, 0.3) is 0 Å². The van der Waals surface area contributed by atoms with Crippen molar-refractivity contribution in [2.75, 3.05) is 26.7 Å². The second kappa shape index (κ2) is 6.22. The van der Waals surface area contributed by atoms with E-state index in [0.29, 0.717) is 11.5 Å². The van der Waals surface area contributed by atoms with Crippen LogP contribution in [0, 0.1) is 16.7 Å². The first-order valence-corrected chi connectivity index (χ1v) is 6.37. The van der Waals surface area contributed by atoms with Gasteiger partial charge in [-0.15, -0.1) is 0 Å². The summed E-state index contributed by atoms with van der Waals surface area (Å²) in [6, 6.07) is 2.93. The zero-order valence-corrected chi connectivity index (χ0v) is 10.9. The molecule has 0 spiro atoms. The molecule has 1 aliphatic rings. The highest BCUT2D eigenvalue weighted by Crippen LogP contribution is 2.47. The van der Waals surface area contributed by atoms with Gasteiger partial charge in [-0.3, -0.25) is 0 Å². The molecule has 0 radical (unpaired) electrons. The average Bonchev–Trinajstić information content (AvgIpc) is 2.98. The molecule has 0 bridgehead atoms. The van der Waals surface area contributed by atoms with Crippen LogP contribution in [0.4, 0.5) is 0 Å². The molecule has 92 valence electrons. The van der Waals surface area contributed by atoms with Crippen molar-refractivity contribution >= 4 is 0 Å². The minimum Gasteiger partial charge on any atom is -0.316 e. The monoisotopic (exact) mass is 223 g/mol. The zero-order chi connectivity index (χ0) is 12.0. The van der Waals surface area contributed by atoms with Gasteiger partial charge in [0, 0.05) is 19.0 Å². The highest BCUT2D eigenvalue weighted by Gasteiger charge is 2.41. The number of nitriles is 1. The molecular weight excluding hydrogens is 198 g/mol. The first kappa shape index (κ1) is 13.5. The zero-order valence-electron chi connectivity index (χ0n) is 10.9. The predicted octanol–water partition coefficient (Wildman–Crippen LogP) is 2.00. The Morgan fingerprint density at radius 2 is 2.12 bits per heavy atom. The van der Waals surface area contributed by atoms with Crippen LogP contribution in [0.1, 0.15) is 39.5 Å². The lowest BCUT2D eigenvalue weighted by Gasteiger charge is -2.21. The van der Waals surface area contributed by atoms with Crippen molar-refractivity contribution in [2.45, 2.75) is 45.6 Å². The van der Waals surface area contributed by atoms with Crippen molar-refractivity contribution < 1.29 is 0 Å². The minimum absolute atomic E-state index is 0.346. The fraction of sp³-hybridized carbons (Fsp3) is 0.923. The number of rotatable bonds is 8. The average molecular weight is 223 g/mol. The van der Waals surface area contributed by atoms with Crippen LogP contribution in [0.3, 0.4) is 0 Å². The van der Waals surface area contributed by atoms with Gasteiger partial charge in [-0.05, 0) is 58.7 Å². The number of nitrogens with zero attached hydrogens (tertiary/aromatic N) is 2. The molecule has 3 nitrogen and oxygen atoms in total. The quantitative estimate of drug-likeness (QED) is 0.640. The Bertz CT molecular complexity index is 238. The van der Waals surface area contributed by atoms with Gasteiger partial charge in [0.05, 0.1) is 6.07 Å². The van der Waals surface area contributed by atoms with Crippen molar-refractivity contribution in [1.82, 2.24) is 10.2 Å². The third-order valence-corrected chi connectivity index (χ3v) is 3.66. The van der Waals surface area contributed by atoms with Gasteiger partial charge >= 0.3 is 0 Å². The van der Waals surface area contributed by atoms with E-state index in [2.05, 4.69) is 37.2 Å². The molecule has 0 aromatic rings. The summed E-state index contributed by atoms with van der Waals surface area (Å²) >= 11 is 0. The highest BCUT2D eigenvalue weighted by atomic mass is 15.1. The van der Waals surface area contributed by atoms with E-state index in [9.17, 15) is 0 Å². The van der Waals surface area contributed by atoms with Gasteiger partial charge in [0.15, 0.2) is 0 Å². The maximum Gasteiger partial charge on any atom is 0.0628 e. The van der Waals surface area contributed by atoms with Crippen LogP contribution in [-0.4, -0.2) is 37.6 Å². The SMILES string of the molecule is CC(C)N(C)CCCNCC1(CC#N)CC1. The number of hydrogen-bond acceptors (Lipinski definition) is 3. The number of nitrogens with one attached hydrogen (secondary N) is 1. The molecule has 0 atom stereocenters. The summed E-state index contributed by atoms with van der Waals surface area (Å²) in [6.07, 6.45) is 4.39. The fourth-order valence-electron chi connectivity index (χ4n) is 1.83. The molecule has 1 fully saturated rings. The van der Waals surface area contributed by atoms with E-state index in [1.165, 1.54) is 19.3 Å². The third kappa shape index (κ3) is 4.51. The second-order valence-electron chi connectivity index (χ2n) is 5.44. The minimum atomic E-state index is 0.346. The molecule has 0 unspecified atom stereocenters. The van der Waals surface area contributed by atoms with E-state index in [-0.39, 0.29) is 0 Å². The lowest BCUT2D eigenvalue weighted by molar-refractivity contribution is 0.268. The van der Waals surface area contributed by atoms with Crippen LogP contribution in [0.5, 0.6) is 0 Å². The van der Waals surface area contributed by atoms with Gasteiger partial charge in [-0.25, -0.2) is 0 Å². The molecule has 16 heavy (non-hydrogen) atoms. The van der Waals surface area contributed by atoms with Crippen LogP contribution in [-0.2, 0) is 0 Å². The lowest BCUT2D eigenvalue weighted by Crippen LogP contribution is -2.31. The second-order valence-corrected chi connectivity index (χ2v) is 5.44. The third-order valence-electron chi connectivity index (χ3n) is 3.66. The Morgan fingerprint density at radius 3 is 2.62 bits per heavy atom. The molecule has 0 saturated heterocycles. The summed E-state index contributed by atoms with van der Waals surface area (Å²) in [5, 5.41) is 12.2. The van der Waals surface area contributed by atoms with E-state index < -0.39 is 0 Å². The van der Waals surface area contributed by atoms with Crippen molar-refractivity contribution in [2.24, 2.45) is 5.41 Å². The summed E-state index contributed by atoms with van der Waals surface area (Å²) < 4.78 is 0. The van der Waals surface area contributed by atoms with E-state index in [1.807, 2.05) is 0 Å². The van der Waals surface area contributed by atoms with Crippen molar-refractivity contribution in [3.05, 3.63) is 0 Å². The molecule has 0 amide bonds. The summed E-state index contributed by atoms with van der Waals surface area (Å²) in [4.78, 5) is 2.36. The predicted molar refractivity (Wildman–Crippen MR) is 67.1 cm³/mol. The Kier molecular flexibility index (Phi) is 5.24. The Hall–Kier alpha value is -0.590. The summed E-state index contributed by atoms with van der Waals surface area (Å²) in [5.41, 5.74) is 0.346. The van der Waals surface area contributed by atoms with Gasteiger partial charge in [0.1, 0.15) is 0 Å². The van der Waals surface area contributed by atoms with Crippen LogP contribution in [0.15, 0.2) is 0 Å². The molecule has 0 aromatic heterocycles. The maximum atomic E-state index is 8.69. The molecule has 0 aromatic carbocycles. The van der Waals surface area contributed by atoms with Crippen molar-refractivity contribution in [3.8, 4) is 6.07 Å². The Balaban J connectivity index is 1.99. The Morgan fingerprint density at radius 1 is 1.44 bits per heavy atom. The number of hydrogen-bond donors (Lipinski definition) is 1. The highest BCUT2D eigenvalue weighted by molar-refractivity contribution is 5.00. The summed E-state index contributed by atoms with van der Waals surface area (Å²) in [6.45, 7) is 7.70. The fourth-order valence-corrected chi connectivity index (χ4v) is 1.83. The van der Waals surface area contributed by atoms with Crippen molar-refractivity contribution in [3.63, 3.8) is 0 Å². The van der Waals surface area contributed by atoms with E-state index >= 15 is 0 Å². The van der Waals surface area contributed by atoms with Crippen LogP contribution in [0.2, 0.25) is 0 Å². The van der Waals surface area contributed by atoms with Crippen LogP contribution < -0.4 is 5.32 Å². The van der Waals surface area contributed by atoms with Gasteiger partial charge in [0.2, 0.25) is 0 Å². The normalized spacial score (nSPS) is 17.8. The van der Waals surface area contributed by atoms with Crippen LogP contribution >= 0.6 is 0 Å². The molecular formula is C13H25N3. The van der Waals surface area contributed by atoms with Gasteiger partial charge in [-0.1, -0.05) is 0 Å². The van der Waals surface area contributed by atoms with E-state index in [1.54, 1.807) is 0 Å².